The molecule has 0 spiro atoms. The zero-order valence-electron chi connectivity index (χ0n) is 7.76. The van der Waals surface area contributed by atoms with Crippen LogP contribution in [0.25, 0.3) is 4.85 Å². The quantitative estimate of drug-likeness (QED) is 0.257. The molecule has 0 heterocycles. The first-order valence-electron chi connectivity index (χ1n) is 3.89. The number of esters is 1. The number of aliphatic hydroxyl groups excluding tert-OH is 1. The van der Waals surface area contributed by atoms with Gasteiger partial charge in [-0.2, -0.15) is 0 Å². The van der Waals surface area contributed by atoms with Crippen molar-refractivity contribution in [1.82, 2.24) is 0 Å². The maximum Gasteiger partial charge on any atom is 0.339 e. The number of allylic oxidation sites excluding steroid dienone is 1. The second kappa shape index (κ2) is 6.51. The summed E-state index contributed by atoms with van der Waals surface area (Å²) in [5.41, 5.74) is -0.464. The Morgan fingerprint density at radius 2 is 2.07 bits per heavy atom. The molecule has 0 fully saturated rings. The SMILES string of the molecule is [C-]#[N+]/C(C(=O)OCCC)=C(/O)C(Br)(Br)Br. The van der Waals surface area contributed by atoms with Gasteiger partial charge in [-0.05, 0) is 6.42 Å². The Kier molecular flexibility index (Phi) is 6.48. The molecule has 15 heavy (non-hydrogen) atoms. The molecule has 0 saturated heterocycles. The summed E-state index contributed by atoms with van der Waals surface area (Å²) in [7, 11) is 0. The van der Waals surface area contributed by atoms with Crippen molar-refractivity contribution >= 4 is 53.8 Å². The smallest absolute Gasteiger partial charge is 0.339 e. The molecule has 0 aliphatic rings. The third kappa shape index (κ3) is 5.00. The van der Waals surface area contributed by atoms with Crippen LogP contribution in [0.4, 0.5) is 0 Å². The van der Waals surface area contributed by atoms with Crippen molar-refractivity contribution in [3.8, 4) is 0 Å². The number of hydrogen-bond acceptors (Lipinski definition) is 3. The minimum Gasteiger partial charge on any atom is -0.520 e. The molecule has 0 aromatic carbocycles. The highest BCUT2D eigenvalue weighted by atomic mass is 80.0. The van der Waals surface area contributed by atoms with Gasteiger partial charge in [-0.1, -0.05) is 54.7 Å². The van der Waals surface area contributed by atoms with E-state index < -0.39 is 19.6 Å². The Morgan fingerprint density at radius 3 is 2.40 bits per heavy atom. The average Bonchev–Trinajstić information content (AvgIpc) is 2.14. The van der Waals surface area contributed by atoms with Crippen LogP contribution in [-0.4, -0.2) is 19.8 Å². The molecule has 0 bridgehead atoms. The van der Waals surface area contributed by atoms with E-state index in [9.17, 15) is 9.90 Å². The Labute approximate surface area is 113 Å². The summed E-state index contributed by atoms with van der Waals surface area (Å²) in [5.74, 6) is -1.31. The second-order valence-corrected chi connectivity index (χ2v) is 9.20. The topological polar surface area (TPSA) is 50.9 Å². The molecule has 0 unspecified atom stereocenters. The van der Waals surface area contributed by atoms with Crippen LogP contribution in [-0.2, 0) is 9.53 Å². The van der Waals surface area contributed by atoms with E-state index in [-0.39, 0.29) is 6.61 Å². The van der Waals surface area contributed by atoms with E-state index in [1.807, 2.05) is 6.92 Å². The minimum absolute atomic E-state index is 0.213. The van der Waals surface area contributed by atoms with E-state index in [2.05, 4.69) is 52.6 Å². The van der Waals surface area contributed by atoms with Gasteiger partial charge in [0.15, 0.2) is 2.14 Å². The van der Waals surface area contributed by atoms with Crippen molar-refractivity contribution in [2.75, 3.05) is 6.61 Å². The number of hydrogen-bond donors (Lipinski definition) is 1. The van der Waals surface area contributed by atoms with Crippen LogP contribution in [0.2, 0.25) is 0 Å². The van der Waals surface area contributed by atoms with Crippen LogP contribution in [0.3, 0.4) is 0 Å². The maximum atomic E-state index is 11.3. The van der Waals surface area contributed by atoms with Gasteiger partial charge < -0.3 is 9.84 Å². The predicted octanol–water partition coefficient (Wildman–Crippen LogP) is 3.47. The van der Waals surface area contributed by atoms with E-state index in [0.29, 0.717) is 6.42 Å². The van der Waals surface area contributed by atoms with Crippen molar-refractivity contribution in [2.24, 2.45) is 0 Å². The van der Waals surface area contributed by atoms with Crippen LogP contribution in [0.5, 0.6) is 0 Å². The summed E-state index contributed by atoms with van der Waals surface area (Å²) in [5, 5.41) is 9.54. The molecule has 0 aromatic rings. The van der Waals surface area contributed by atoms with E-state index in [4.69, 9.17) is 11.3 Å². The van der Waals surface area contributed by atoms with Gasteiger partial charge in [0, 0.05) is 0 Å². The van der Waals surface area contributed by atoms with E-state index in [0.717, 1.165) is 0 Å². The van der Waals surface area contributed by atoms with E-state index in [1.165, 1.54) is 0 Å². The highest BCUT2D eigenvalue weighted by Crippen LogP contribution is 2.41. The molecular formula is C8H8Br3NO3. The van der Waals surface area contributed by atoms with Gasteiger partial charge >= 0.3 is 11.7 Å². The number of carbonyl (C=O) groups is 1. The van der Waals surface area contributed by atoms with Crippen LogP contribution in [0, 0.1) is 6.57 Å². The third-order valence-corrected chi connectivity index (χ3v) is 2.36. The van der Waals surface area contributed by atoms with Gasteiger partial charge in [-0.25, -0.2) is 4.85 Å². The van der Waals surface area contributed by atoms with Gasteiger partial charge in [0.2, 0.25) is 0 Å². The minimum atomic E-state index is -1.18. The summed E-state index contributed by atoms with van der Waals surface area (Å²) in [6.45, 7) is 8.82. The molecule has 0 aromatic heterocycles. The molecular weight excluding hydrogens is 398 g/mol. The summed E-state index contributed by atoms with van der Waals surface area (Å²) >= 11 is 8.99. The lowest BCUT2D eigenvalue weighted by molar-refractivity contribution is -0.138. The fraction of sp³-hybridized carbons (Fsp3) is 0.500. The lowest BCUT2D eigenvalue weighted by atomic mass is 10.4. The maximum absolute atomic E-state index is 11.3. The molecule has 7 heteroatoms. The van der Waals surface area contributed by atoms with Crippen LogP contribution >= 0.6 is 47.8 Å². The number of halogens is 3. The second-order valence-electron chi connectivity index (χ2n) is 2.44. The fourth-order valence-corrected chi connectivity index (χ4v) is 1.16. The zero-order valence-corrected chi connectivity index (χ0v) is 12.5. The molecule has 0 amide bonds. The van der Waals surface area contributed by atoms with Gasteiger partial charge in [0.1, 0.15) is 5.76 Å². The molecule has 84 valence electrons. The lowest BCUT2D eigenvalue weighted by Gasteiger charge is -2.12. The lowest BCUT2D eigenvalue weighted by Crippen LogP contribution is -2.14. The van der Waals surface area contributed by atoms with Gasteiger partial charge in [-0.15, -0.1) is 0 Å². The van der Waals surface area contributed by atoms with Crippen LogP contribution in [0.15, 0.2) is 11.5 Å². The Morgan fingerprint density at radius 1 is 1.53 bits per heavy atom. The molecule has 4 nitrogen and oxygen atoms in total. The Balaban J connectivity index is 4.92. The Bertz CT molecular complexity index is 314. The molecule has 0 saturated carbocycles. The third-order valence-electron chi connectivity index (χ3n) is 1.24. The molecule has 0 rings (SSSR count). The first-order chi connectivity index (χ1) is 6.84. The molecule has 0 aliphatic heterocycles. The van der Waals surface area contributed by atoms with Crippen LogP contribution < -0.4 is 0 Å². The van der Waals surface area contributed by atoms with Gasteiger partial charge in [0.05, 0.1) is 13.2 Å². The first kappa shape index (κ1) is 14.9. The van der Waals surface area contributed by atoms with Crippen LogP contribution in [0.1, 0.15) is 13.3 Å². The molecule has 0 aliphatic carbocycles. The normalized spacial score (nSPS) is 12.7. The highest BCUT2D eigenvalue weighted by Gasteiger charge is 2.31. The van der Waals surface area contributed by atoms with E-state index in [1.54, 1.807) is 0 Å². The summed E-state index contributed by atoms with van der Waals surface area (Å²) < 4.78 is 3.55. The standard InChI is InChI=1S/C8H8Br3NO3/c1-3-4-15-7(14)5(12-2)6(13)8(9,10)11/h13H,3-4H2,1H3/b6-5+. The number of rotatable bonds is 3. The predicted molar refractivity (Wildman–Crippen MR) is 67.0 cm³/mol. The van der Waals surface area contributed by atoms with Gasteiger partial charge in [-0.3, -0.25) is 4.79 Å². The molecule has 0 atom stereocenters. The number of aliphatic hydroxyl groups is 1. The van der Waals surface area contributed by atoms with Crippen molar-refractivity contribution < 1.29 is 14.6 Å². The van der Waals surface area contributed by atoms with Gasteiger partial charge in [0.25, 0.3) is 0 Å². The number of alkyl halides is 3. The monoisotopic (exact) mass is 403 g/mol. The average molecular weight is 406 g/mol. The van der Waals surface area contributed by atoms with Crippen molar-refractivity contribution in [1.29, 1.82) is 0 Å². The first-order valence-corrected chi connectivity index (χ1v) is 6.27. The van der Waals surface area contributed by atoms with Crippen molar-refractivity contribution in [2.45, 2.75) is 15.5 Å². The summed E-state index contributed by atoms with van der Waals surface area (Å²) in [4.78, 5) is 14.2. The largest absolute Gasteiger partial charge is 0.520 e. The Hall–Kier alpha value is -0.0600. The highest BCUT2D eigenvalue weighted by molar-refractivity contribution is 9.39. The summed E-state index contributed by atoms with van der Waals surface area (Å²) in [6, 6.07) is 0. The van der Waals surface area contributed by atoms with E-state index >= 15 is 0 Å². The van der Waals surface area contributed by atoms with Crippen molar-refractivity contribution in [3.63, 3.8) is 0 Å². The fourth-order valence-electron chi connectivity index (χ4n) is 0.593. The summed E-state index contributed by atoms with van der Waals surface area (Å²) in [6.07, 6.45) is 0.653. The molecule has 0 radical (unpaired) electrons. The van der Waals surface area contributed by atoms with Crippen molar-refractivity contribution in [3.05, 3.63) is 22.9 Å². The number of ether oxygens (including phenoxy) is 1. The number of carbonyl (C=O) groups excluding carboxylic acids is 1. The molecule has 1 N–H and O–H groups in total. The number of nitrogens with zero attached hydrogens (tertiary/aromatic N) is 1. The zero-order chi connectivity index (χ0) is 12.1.